The molecular formula is C18H29NO3. The molecule has 4 saturated carbocycles. The molecular weight excluding hydrogens is 278 g/mol. The Bertz CT molecular complexity index is 449. The molecule has 22 heavy (non-hydrogen) atoms. The fourth-order valence-electron chi connectivity index (χ4n) is 6.40. The number of piperidine rings is 1. The Morgan fingerprint density at radius 1 is 1.27 bits per heavy atom. The minimum atomic E-state index is -0.457. The van der Waals surface area contributed by atoms with E-state index in [1.807, 2.05) is 4.90 Å². The van der Waals surface area contributed by atoms with Crippen molar-refractivity contribution in [1.29, 1.82) is 0 Å². The van der Waals surface area contributed by atoms with Crippen LogP contribution in [0.25, 0.3) is 0 Å². The third kappa shape index (κ3) is 2.58. The van der Waals surface area contributed by atoms with Crippen molar-refractivity contribution in [3.05, 3.63) is 0 Å². The van der Waals surface area contributed by atoms with Crippen molar-refractivity contribution in [1.82, 2.24) is 4.90 Å². The quantitative estimate of drug-likeness (QED) is 0.871. The number of carbonyl (C=O) groups is 1. The number of methoxy groups -OCH3 is 1. The van der Waals surface area contributed by atoms with Crippen LogP contribution in [0.2, 0.25) is 0 Å². The summed E-state index contributed by atoms with van der Waals surface area (Å²) in [5.74, 6) is 1.62. The normalized spacial score (nSPS) is 47.0. The standard InChI is InChI=1S/C18H29NO3/c1-22-15-3-2-4-19(11-15)16(20)10-17-6-13-5-14(7-17)9-18(21,8-13)12-17/h13-15,21H,2-12H2,1H3. The van der Waals surface area contributed by atoms with Crippen LogP contribution >= 0.6 is 0 Å². The van der Waals surface area contributed by atoms with Crippen LogP contribution in [0.15, 0.2) is 0 Å². The first-order chi connectivity index (χ1) is 10.5. The monoisotopic (exact) mass is 307 g/mol. The van der Waals surface area contributed by atoms with Crippen LogP contribution < -0.4 is 0 Å². The van der Waals surface area contributed by atoms with Gasteiger partial charge in [0.15, 0.2) is 0 Å². The number of carbonyl (C=O) groups excluding carboxylic acids is 1. The Kier molecular flexibility index (Phi) is 3.53. The summed E-state index contributed by atoms with van der Waals surface area (Å²) >= 11 is 0. The van der Waals surface area contributed by atoms with Crippen LogP contribution in [0.5, 0.6) is 0 Å². The van der Waals surface area contributed by atoms with Crippen molar-refractivity contribution >= 4 is 5.91 Å². The van der Waals surface area contributed by atoms with Gasteiger partial charge in [-0.25, -0.2) is 0 Å². The molecule has 3 atom stereocenters. The second-order valence-corrected chi connectivity index (χ2v) is 8.70. The first-order valence-corrected chi connectivity index (χ1v) is 9.02. The lowest BCUT2D eigenvalue weighted by atomic mass is 9.47. The van der Waals surface area contributed by atoms with Gasteiger partial charge in [0.25, 0.3) is 0 Å². The van der Waals surface area contributed by atoms with Gasteiger partial charge in [-0.1, -0.05) is 0 Å². The van der Waals surface area contributed by atoms with Gasteiger partial charge in [0, 0.05) is 26.6 Å². The zero-order valence-corrected chi connectivity index (χ0v) is 13.7. The van der Waals surface area contributed by atoms with Gasteiger partial charge < -0.3 is 14.7 Å². The molecule has 5 aliphatic rings. The second kappa shape index (κ2) is 5.20. The number of ether oxygens (including phenoxy) is 1. The number of hydrogen-bond acceptors (Lipinski definition) is 3. The van der Waals surface area contributed by atoms with Gasteiger partial charge in [0.05, 0.1) is 11.7 Å². The third-order valence-corrected chi connectivity index (χ3v) is 6.74. The van der Waals surface area contributed by atoms with Crippen LogP contribution in [-0.4, -0.2) is 47.8 Å². The topological polar surface area (TPSA) is 49.8 Å². The number of hydrogen-bond donors (Lipinski definition) is 1. The van der Waals surface area contributed by atoms with Crippen molar-refractivity contribution in [2.45, 2.75) is 69.5 Å². The van der Waals surface area contributed by atoms with Crippen molar-refractivity contribution < 1.29 is 14.6 Å². The third-order valence-electron chi connectivity index (χ3n) is 6.74. The fourth-order valence-corrected chi connectivity index (χ4v) is 6.40. The molecule has 1 amide bonds. The summed E-state index contributed by atoms with van der Waals surface area (Å²) in [4.78, 5) is 14.9. The molecule has 0 aromatic carbocycles. The predicted molar refractivity (Wildman–Crippen MR) is 83.3 cm³/mol. The molecule has 0 aromatic heterocycles. The summed E-state index contributed by atoms with van der Waals surface area (Å²) in [6.07, 6.45) is 9.41. The van der Waals surface area contributed by atoms with Gasteiger partial charge >= 0.3 is 0 Å². The Labute approximate surface area is 133 Å². The molecule has 4 heteroatoms. The van der Waals surface area contributed by atoms with E-state index >= 15 is 0 Å². The molecule has 1 heterocycles. The van der Waals surface area contributed by atoms with E-state index in [1.54, 1.807) is 7.11 Å². The first kappa shape index (κ1) is 14.9. The molecule has 3 unspecified atom stereocenters. The van der Waals surface area contributed by atoms with Crippen LogP contribution in [-0.2, 0) is 9.53 Å². The van der Waals surface area contributed by atoms with Gasteiger partial charge in [0.1, 0.15) is 0 Å². The molecule has 5 fully saturated rings. The smallest absolute Gasteiger partial charge is 0.223 e. The van der Waals surface area contributed by atoms with Crippen molar-refractivity contribution in [2.75, 3.05) is 20.2 Å². The van der Waals surface area contributed by atoms with Crippen LogP contribution in [0.4, 0.5) is 0 Å². The number of likely N-dealkylation sites (tertiary alicyclic amines) is 1. The van der Waals surface area contributed by atoms with Crippen molar-refractivity contribution in [2.24, 2.45) is 17.3 Å². The largest absolute Gasteiger partial charge is 0.390 e. The summed E-state index contributed by atoms with van der Waals surface area (Å²) < 4.78 is 5.45. The summed E-state index contributed by atoms with van der Waals surface area (Å²) in [6.45, 7) is 1.63. The van der Waals surface area contributed by atoms with Gasteiger partial charge in [-0.05, 0) is 68.6 Å². The Morgan fingerprint density at radius 2 is 2.00 bits per heavy atom. The SMILES string of the molecule is COC1CCCN(C(=O)CC23CC4CC(CC(O)(C4)C2)C3)C1. The molecule has 0 radical (unpaired) electrons. The van der Waals surface area contributed by atoms with Crippen LogP contribution in [0, 0.1) is 17.3 Å². The second-order valence-electron chi connectivity index (χ2n) is 8.70. The van der Waals surface area contributed by atoms with E-state index in [0.717, 1.165) is 45.2 Å². The van der Waals surface area contributed by atoms with E-state index in [1.165, 1.54) is 19.3 Å². The van der Waals surface area contributed by atoms with E-state index in [4.69, 9.17) is 4.74 Å². The molecule has 1 N–H and O–H groups in total. The molecule has 0 aromatic rings. The number of nitrogens with zero attached hydrogens (tertiary/aromatic N) is 1. The lowest BCUT2D eigenvalue weighted by Gasteiger charge is -2.60. The highest BCUT2D eigenvalue weighted by atomic mass is 16.5. The number of amides is 1. The lowest BCUT2D eigenvalue weighted by Crippen LogP contribution is -2.57. The highest BCUT2D eigenvalue weighted by molar-refractivity contribution is 5.77. The molecule has 1 aliphatic heterocycles. The van der Waals surface area contributed by atoms with Crippen molar-refractivity contribution in [3.8, 4) is 0 Å². The van der Waals surface area contributed by atoms with Gasteiger partial charge in [-0.15, -0.1) is 0 Å². The summed E-state index contributed by atoms with van der Waals surface area (Å²) in [5.41, 5.74) is -0.364. The Morgan fingerprint density at radius 3 is 2.64 bits per heavy atom. The van der Waals surface area contributed by atoms with E-state index in [-0.39, 0.29) is 11.5 Å². The molecule has 1 saturated heterocycles. The van der Waals surface area contributed by atoms with E-state index in [9.17, 15) is 9.90 Å². The molecule has 4 aliphatic carbocycles. The molecule has 5 rings (SSSR count). The summed E-state index contributed by atoms with van der Waals surface area (Å²) in [5, 5.41) is 10.8. The maximum Gasteiger partial charge on any atom is 0.223 e. The Balaban J connectivity index is 1.45. The molecule has 4 nitrogen and oxygen atoms in total. The van der Waals surface area contributed by atoms with Gasteiger partial charge in [-0.2, -0.15) is 0 Å². The van der Waals surface area contributed by atoms with Crippen LogP contribution in [0.1, 0.15) is 57.8 Å². The number of aliphatic hydroxyl groups is 1. The highest BCUT2D eigenvalue weighted by Crippen LogP contribution is 2.62. The van der Waals surface area contributed by atoms with E-state index in [0.29, 0.717) is 24.2 Å². The maximum absolute atomic E-state index is 12.8. The number of rotatable bonds is 3. The summed E-state index contributed by atoms with van der Waals surface area (Å²) in [6, 6.07) is 0. The van der Waals surface area contributed by atoms with Gasteiger partial charge in [0.2, 0.25) is 5.91 Å². The van der Waals surface area contributed by atoms with E-state index < -0.39 is 5.60 Å². The van der Waals surface area contributed by atoms with Crippen molar-refractivity contribution in [3.63, 3.8) is 0 Å². The van der Waals surface area contributed by atoms with E-state index in [2.05, 4.69) is 0 Å². The lowest BCUT2D eigenvalue weighted by molar-refractivity contribution is -0.173. The molecule has 124 valence electrons. The Hall–Kier alpha value is -0.610. The van der Waals surface area contributed by atoms with Gasteiger partial charge in [-0.3, -0.25) is 4.79 Å². The molecule has 4 bridgehead atoms. The fraction of sp³-hybridized carbons (Fsp3) is 0.944. The zero-order chi connectivity index (χ0) is 15.4. The average molecular weight is 307 g/mol. The molecule has 0 spiro atoms. The summed E-state index contributed by atoms with van der Waals surface area (Å²) in [7, 11) is 1.74. The zero-order valence-electron chi connectivity index (χ0n) is 13.7. The maximum atomic E-state index is 12.8. The minimum absolute atomic E-state index is 0.0932. The average Bonchev–Trinajstić information content (AvgIpc) is 2.44. The van der Waals surface area contributed by atoms with Crippen LogP contribution in [0.3, 0.4) is 0 Å². The predicted octanol–water partition coefficient (Wildman–Crippen LogP) is 2.35. The first-order valence-electron chi connectivity index (χ1n) is 9.02. The highest BCUT2D eigenvalue weighted by Gasteiger charge is 2.57. The minimum Gasteiger partial charge on any atom is -0.390 e.